The number of nitrogens with zero attached hydrogens (tertiary/aromatic N) is 3. The van der Waals surface area contributed by atoms with E-state index in [1.165, 1.54) is 4.88 Å². The van der Waals surface area contributed by atoms with Crippen LogP contribution >= 0.6 is 11.3 Å². The van der Waals surface area contributed by atoms with Crippen LogP contribution in [0.1, 0.15) is 20.9 Å². The summed E-state index contributed by atoms with van der Waals surface area (Å²) in [5.41, 5.74) is 2.41. The van der Waals surface area contributed by atoms with Crippen LogP contribution in [0.4, 0.5) is 5.69 Å². The highest BCUT2D eigenvalue weighted by atomic mass is 32.1. The van der Waals surface area contributed by atoms with Crippen molar-refractivity contribution in [2.45, 2.75) is 13.5 Å². The number of imidazole rings is 1. The molecule has 2 aromatic heterocycles. The number of rotatable bonds is 4. The van der Waals surface area contributed by atoms with Gasteiger partial charge in [0.1, 0.15) is 5.69 Å². The molecule has 0 aliphatic rings. The van der Waals surface area contributed by atoms with Crippen LogP contribution in [0.5, 0.6) is 0 Å². The van der Waals surface area contributed by atoms with Gasteiger partial charge in [0.15, 0.2) is 4.96 Å². The maximum Gasteiger partial charge on any atom is 0.278 e. The fourth-order valence-corrected chi connectivity index (χ4v) is 3.62. The van der Waals surface area contributed by atoms with E-state index in [0.29, 0.717) is 12.2 Å². The van der Waals surface area contributed by atoms with Crippen LogP contribution in [0, 0.1) is 6.92 Å². The summed E-state index contributed by atoms with van der Waals surface area (Å²) < 4.78 is 1.92. The number of carbonyl (C=O) groups is 1. The predicted octanol–water partition coefficient (Wildman–Crippen LogP) is 4.55. The summed E-state index contributed by atoms with van der Waals surface area (Å²) >= 11 is 1.58. The van der Waals surface area contributed by atoms with Crippen LogP contribution < -0.4 is 4.90 Å². The zero-order valence-corrected chi connectivity index (χ0v) is 14.6. The summed E-state index contributed by atoms with van der Waals surface area (Å²) in [6.07, 6.45) is 3.80. The molecule has 0 N–H and O–H groups in total. The predicted molar refractivity (Wildman–Crippen MR) is 101 cm³/mol. The highest BCUT2D eigenvalue weighted by Crippen LogP contribution is 2.22. The van der Waals surface area contributed by atoms with Gasteiger partial charge < -0.3 is 4.90 Å². The van der Waals surface area contributed by atoms with E-state index in [1.54, 1.807) is 16.2 Å². The van der Waals surface area contributed by atoms with Gasteiger partial charge in [-0.15, -0.1) is 11.3 Å². The number of aromatic nitrogens is 2. The van der Waals surface area contributed by atoms with E-state index in [2.05, 4.69) is 4.98 Å². The van der Waals surface area contributed by atoms with Crippen LogP contribution in [0.3, 0.4) is 0 Å². The Hall–Kier alpha value is -2.92. The molecule has 4 rings (SSSR count). The summed E-state index contributed by atoms with van der Waals surface area (Å²) in [5.74, 6) is -0.0939. The van der Waals surface area contributed by atoms with Crippen molar-refractivity contribution >= 4 is 27.9 Å². The van der Waals surface area contributed by atoms with Gasteiger partial charge in [0, 0.05) is 23.0 Å². The minimum Gasteiger partial charge on any atom is -0.303 e. The summed E-state index contributed by atoms with van der Waals surface area (Å²) in [6, 6.07) is 19.7. The molecule has 1 amide bonds. The summed E-state index contributed by atoms with van der Waals surface area (Å²) in [7, 11) is 0. The van der Waals surface area contributed by atoms with Crippen molar-refractivity contribution in [1.82, 2.24) is 9.38 Å². The number of anilines is 1. The van der Waals surface area contributed by atoms with Gasteiger partial charge in [0.2, 0.25) is 0 Å². The number of para-hydroxylation sites is 1. The lowest BCUT2D eigenvalue weighted by molar-refractivity contribution is 0.0981. The molecular formula is C20H17N3OS. The lowest BCUT2D eigenvalue weighted by Crippen LogP contribution is -2.30. The van der Waals surface area contributed by atoms with E-state index in [0.717, 1.165) is 16.2 Å². The first kappa shape index (κ1) is 15.6. The minimum absolute atomic E-state index is 0.0939. The van der Waals surface area contributed by atoms with Crippen molar-refractivity contribution in [2.24, 2.45) is 0 Å². The van der Waals surface area contributed by atoms with Gasteiger partial charge in [-0.3, -0.25) is 9.20 Å². The van der Waals surface area contributed by atoms with Gasteiger partial charge in [-0.25, -0.2) is 4.98 Å². The second-order valence-electron chi connectivity index (χ2n) is 5.87. The van der Waals surface area contributed by atoms with Crippen LogP contribution in [0.25, 0.3) is 4.96 Å². The molecule has 0 aliphatic heterocycles. The number of aryl methyl sites for hydroxylation is 1. The van der Waals surface area contributed by atoms with E-state index in [1.807, 2.05) is 84.4 Å². The van der Waals surface area contributed by atoms with Gasteiger partial charge in [0.05, 0.1) is 6.54 Å². The fraction of sp³-hybridized carbons (Fsp3) is 0.100. The Morgan fingerprint density at radius 2 is 1.72 bits per heavy atom. The average molecular weight is 347 g/mol. The molecular weight excluding hydrogens is 330 g/mol. The standard InChI is InChI=1S/C20H17N3OS/c1-15-12-22-14-18(21-20(22)25-15)19(24)23(17-10-6-3-7-11-17)13-16-8-4-2-5-9-16/h2-12,14H,13H2,1H3. The molecule has 25 heavy (non-hydrogen) atoms. The molecule has 124 valence electrons. The van der Waals surface area contributed by atoms with Crippen molar-refractivity contribution in [3.05, 3.63) is 89.2 Å². The van der Waals surface area contributed by atoms with Crippen LogP contribution in [0.2, 0.25) is 0 Å². The highest BCUT2D eigenvalue weighted by molar-refractivity contribution is 7.17. The second kappa shape index (κ2) is 6.53. The molecule has 0 fully saturated rings. The smallest absolute Gasteiger partial charge is 0.278 e. The molecule has 4 aromatic rings. The van der Waals surface area contributed by atoms with E-state index in [4.69, 9.17) is 0 Å². The van der Waals surface area contributed by atoms with Crippen molar-refractivity contribution in [2.75, 3.05) is 4.90 Å². The first-order valence-corrected chi connectivity index (χ1v) is 8.88. The Morgan fingerprint density at radius 3 is 2.40 bits per heavy atom. The molecule has 2 aromatic carbocycles. The normalized spacial score (nSPS) is 10.9. The van der Waals surface area contributed by atoms with Crippen LogP contribution in [-0.2, 0) is 6.54 Å². The maximum absolute atomic E-state index is 13.2. The average Bonchev–Trinajstić information content (AvgIpc) is 3.18. The highest BCUT2D eigenvalue weighted by Gasteiger charge is 2.21. The minimum atomic E-state index is -0.0939. The third-order valence-corrected chi connectivity index (χ3v) is 4.90. The lowest BCUT2D eigenvalue weighted by Gasteiger charge is -2.22. The van der Waals surface area contributed by atoms with Crippen molar-refractivity contribution in [1.29, 1.82) is 0 Å². The van der Waals surface area contributed by atoms with Gasteiger partial charge in [-0.2, -0.15) is 0 Å². The van der Waals surface area contributed by atoms with Gasteiger partial charge >= 0.3 is 0 Å². The van der Waals surface area contributed by atoms with E-state index in [9.17, 15) is 4.79 Å². The van der Waals surface area contributed by atoms with Crippen molar-refractivity contribution in [3.8, 4) is 0 Å². The van der Waals surface area contributed by atoms with E-state index < -0.39 is 0 Å². The zero-order chi connectivity index (χ0) is 17.2. The number of hydrogen-bond acceptors (Lipinski definition) is 3. The van der Waals surface area contributed by atoms with Gasteiger partial charge in [-0.05, 0) is 24.6 Å². The third-order valence-electron chi connectivity index (χ3n) is 3.99. The Labute approximate surface area is 150 Å². The van der Waals surface area contributed by atoms with E-state index >= 15 is 0 Å². The molecule has 0 radical (unpaired) electrons. The molecule has 4 nitrogen and oxygen atoms in total. The summed E-state index contributed by atoms with van der Waals surface area (Å²) in [6.45, 7) is 2.54. The van der Waals surface area contributed by atoms with Crippen molar-refractivity contribution < 1.29 is 4.79 Å². The first-order valence-electron chi connectivity index (χ1n) is 8.07. The number of amides is 1. The molecule has 0 spiro atoms. The second-order valence-corrected chi connectivity index (χ2v) is 7.08. The van der Waals surface area contributed by atoms with Gasteiger partial charge in [0.25, 0.3) is 5.91 Å². The largest absolute Gasteiger partial charge is 0.303 e. The fourth-order valence-electron chi connectivity index (χ4n) is 2.81. The summed E-state index contributed by atoms with van der Waals surface area (Å²) in [4.78, 5) is 21.5. The zero-order valence-electron chi connectivity index (χ0n) is 13.8. The Kier molecular flexibility index (Phi) is 4.07. The van der Waals surface area contributed by atoms with Gasteiger partial charge in [-0.1, -0.05) is 48.5 Å². The molecule has 0 atom stereocenters. The van der Waals surface area contributed by atoms with Crippen LogP contribution in [-0.4, -0.2) is 15.3 Å². The molecule has 0 saturated carbocycles. The molecule has 0 saturated heterocycles. The summed E-state index contributed by atoms with van der Waals surface area (Å²) in [5, 5.41) is 0. The maximum atomic E-state index is 13.2. The Morgan fingerprint density at radius 1 is 1.04 bits per heavy atom. The first-order chi connectivity index (χ1) is 12.2. The Balaban J connectivity index is 1.71. The monoisotopic (exact) mass is 347 g/mol. The molecule has 0 bridgehead atoms. The van der Waals surface area contributed by atoms with Crippen LogP contribution in [0.15, 0.2) is 73.1 Å². The number of thiazole rings is 1. The number of fused-ring (bicyclic) bond motifs is 1. The van der Waals surface area contributed by atoms with Crippen molar-refractivity contribution in [3.63, 3.8) is 0 Å². The molecule has 5 heteroatoms. The molecule has 0 aliphatic carbocycles. The van der Waals surface area contributed by atoms with E-state index in [-0.39, 0.29) is 5.91 Å². The third kappa shape index (κ3) is 3.19. The Bertz CT molecular complexity index is 974. The number of carbonyl (C=O) groups excluding carboxylic acids is 1. The lowest BCUT2D eigenvalue weighted by atomic mass is 10.2. The SMILES string of the molecule is Cc1cn2cc(C(=O)N(Cc3ccccc3)c3ccccc3)nc2s1. The molecule has 2 heterocycles. The quantitative estimate of drug-likeness (QED) is 0.543. The number of hydrogen-bond donors (Lipinski definition) is 0. The molecule has 0 unspecified atom stereocenters. The topological polar surface area (TPSA) is 37.6 Å². The number of benzene rings is 2.